The summed E-state index contributed by atoms with van der Waals surface area (Å²) < 4.78 is 4.70. The van der Waals surface area contributed by atoms with Gasteiger partial charge in [0.25, 0.3) is 0 Å². The summed E-state index contributed by atoms with van der Waals surface area (Å²) in [5.41, 5.74) is -0.946. The molecule has 1 aromatic heterocycles. The van der Waals surface area contributed by atoms with Crippen molar-refractivity contribution in [3.05, 3.63) is 17.5 Å². The Morgan fingerprint density at radius 3 is 2.69 bits per heavy atom. The van der Waals surface area contributed by atoms with E-state index in [1.54, 1.807) is 0 Å². The van der Waals surface area contributed by atoms with Crippen molar-refractivity contribution < 1.29 is 14.3 Å². The molecule has 1 aliphatic carbocycles. The number of anilines is 1. The van der Waals surface area contributed by atoms with Crippen LogP contribution in [0.1, 0.15) is 19.3 Å². The number of rotatable bonds is 3. The van der Waals surface area contributed by atoms with Crippen molar-refractivity contribution in [1.29, 1.82) is 0 Å². The van der Waals surface area contributed by atoms with Gasteiger partial charge >= 0.3 is 5.97 Å². The first-order valence-electron chi connectivity index (χ1n) is 5.12. The Morgan fingerprint density at radius 2 is 2.25 bits per heavy atom. The van der Waals surface area contributed by atoms with Crippen molar-refractivity contribution in [3.63, 3.8) is 0 Å². The summed E-state index contributed by atoms with van der Waals surface area (Å²) in [5, 5.41) is 5.40. The molecule has 0 saturated heterocycles. The van der Waals surface area contributed by atoms with Crippen LogP contribution >= 0.6 is 11.3 Å². The van der Waals surface area contributed by atoms with Crippen molar-refractivity contribution in [3.8, 4) is 0 Å². The molecule has 1 heterocycles. The molecule has 0 aromatic carbocycles. The number of hydrogen-bond donors (Lipinski definition) is 1. The fourth-order valence-electron chi connectivity index (χ4n) is 1.83. The van der Waals surface area contributed by atoms with Crippen molar-refractivity contribution in [2.75, 3.05) is 12.4 Å². The number of thiophene rings is 1. The summed E-state index contributed by atoms with van der Waals surface area (Å²) in [7, 11) is 1.32. The smallest absolute Gasteiger partial charge is 0.321 e. The predicted octanol–water partition coefficient (Wildman–Crippen LogP) is 2.03. The third kappa shape index (κ3) is 1.71. The third-order valence-corrected chi connectivity index (χ3v) is 3.76. The van der Waals surface area contributed by atoms with Crippen molar-refractivity contribution in [2.45, 2.75) is 19.3 Å². The molecule has 1 N–H and O–H groups in total. The number of carbonyl (C=O) groups is 2. The highest BCUT2D eigenvalue weighted by atomic mass is 32.1. The maximum absolute atomic E-state index is 12.0. The number of hydrogen-bond acceptors (Lipinski definition) is 4. The minimum Gasteiger partial charge on any atom is -0.468 e. The lowest BCUT2D eigenvalue weighted by atomic mass is 9.68. The molecule has 2 rings (SSSR count). The van der Waals surface area contributed by atoms with E-state index in [1.165, 1.54) is 18.4 Å². The van der Waals surface area contributed by atoms with Gasteiger partial charge in [-0.1, -0.05) is 6.42 Å². The summed E-state index contributed by atoms with van der Waals surface area (Å²) in [6.07, 6.45) is 2.06. The molecule has 1 fully saturated rings. The van der Waals surface area contributed by atoms with E-state index in [2.05, 4.69) is 5.32 Å². The average molecular weight is 239 g/mol. The molecule has 0 atom stereocenters. The molecule has 4 nitrogen and oxygen atoms in total. The van der Waals surface area contributed by atoms with E-state index in [4.69, 9.17) is 4.74 Å². The first-order chi connectivity index (χ1) is 7.69. The SMILES string of the molecule is COC(=O)C1(C(=O)Nc2cccs2)CCC1. The first-order valence-corrected chi connectivity index (χ1v) is 6.00. The first kappa shape index (κ1) is 11.1. The van der Waals surface area contributed by atoms with Crippen LogP contribution in [0.25, 0.3) is 0 Å². The Bertz CT molecular complexity index is 395. The maximum atomic E-state index is 12.0. The van der Waals surface area contributed by atoms with E-state index in [-0.39, 0.29) is 5.91 Å². The lowest BCUT2D eigenvalue weighted by molar-refractivity contribution is -0.163. The number of carbonyl (C=O) groups excluding carboxylic acids is 2. The number of ether oxygens (including phenoxy) is 1. The zero-order valence-corrected chi connectivity index (χ0v) is 9.80. The predicted molar refractivity (Wildman–Crippen MR) is 61.2 cm³/mol. The number of nitrogens with one attached hydrogen (secondary N) is 1. The van der Waals surface area contributed by atoms with E-state index in [0.717, 1.165) is 11.4 Å². The van der Waals surface area contributed by atoms with Crippen LogP contribution in [0.5, 0.6) is 0 Å². The fraction of sp³-hybridized carbons (Fsp3) is 0.455. The van der Waals surface area contributed by atoms with E-state index in [9.17, 15) is 9.59 Å². The van der Waals surface area contributed by atoms with Crippen LogP contribution in [0.3, 0.4) is 0 Å². The molecule has 0 spiro atoms. The van der Waals surface area contributed by atoms with Gasteiger partial charge in [-0.15, -0.1) is 11.3 Å². The van der Waals surface area contributed by atoms with E-state index in [0.29, 0.717) is 12.8 Å². The van der Waals surface area contributed by atoms with Crippen molar-refractivity contribution in [1.82, 2.24) is 0 Å². The van der Waals surface area contributed by atoms with Gasteiger partial charge in [0.15, 0.2) is 0 Å². The molecule has 0 unspecified atom stereocenters. The third-order valence-electron chi connectivity index (χ3n) is 2.98. The van der Waals surface area contributed by atoms with Gasteiger partial charge in [0.1, 0.15) is 5.41 Å². The molecule has 1 saturated carbocycles. The van der Waals surface area contributed by atoms with Crippen molar-refractivity contribution >= 4 is 28.2 Å². The molecule has 0 bridgehead atoms. The number of esters is 1. The summed E-state index contributed by atoms with van der Waals surface area (Å²) in [4.78, 5) is 23.6. The average Bonchev–Trinajstić information content (AvgIpc) is 2.68. The Balaban J connectivity index is 2.10. The van der Waals surface area contributed by atoms with Crippen LogP contribution in [0.15, 0.2) is 17.5 Å². The van der Waals surface area contributed by atoms with Gasteiger partial charge in [-0.3, -0.25) is 9.59 Å². The second-order valence-electron chi connectivity index (χ2n) is 3.86. The van der Waals surface area contributed by atoms with E-state index in [1.807, 2.05) is 17.5 Å². The Hall–Kier alpha value is -1.36. The molecule has 5 heteroatoms. The van der Waals surface area contributed by atoms with Gasteiger partial charge in [0.2, 0.25) is 5.91 Å². The molecule has 0 aliphatic heterocycles. The highest BCUT2D eigenvalue weighted by Gasteiger charge is 2.52. The highest BCUT2D eigenvalue weighted by Crippen LogP contribution is 2.43. The quantitative estimate of drug-likeness (QED) is 0.648. The van der Waals surface area contributed by atoms with Crippen LogP contribution in [0.4, 0.5) is 5.00 Å². The zero-order valence-electron chi connectivity index (χ0n) is 8.99. The van der Waals surface area contributed by atoms with E-state index < -0.39 is 11.4 Å². The monoisotopic (exact) mass is 239 g/mol. The van der Waals surface area contributed by atoms with E-state index >= 15 is 0 Å². The summed E-state index contributed by atoms with van der Waals surface area (Å²) in [6.45, 7) is 0. The van der Waals surface area contributed by atoms with Gasteiger partial charge in [0.05, 0.1) is 12.1 Å². The second-order valence-corrected chi connectivity index (χ2v) is 4.81. The van der Waals surface area contributed by atoms with Crippen molar-refractivity contribution in [2.24, 2.45) is 5.41 Å². The molecule has 1 aliphatic rings. The topological polar surface area (TPSA) is 55.4 Å². The van der Waals surface area contributed by atoms with Crippen LogP contribution in [-0.4, -0.2) is 19.0 Å². The second kappa shape index (κ2) is 4.25. The Morgan fingerprint density at radius 1 is 1.50 bits per heavy atom. The van der Waals surface area contributed by atoms with Crippen LogP contribution < -0.4 is 5.32 Å². The molecule has 1 aromatic rings. The molecule has 0 radical (unpaired) electrons. The van der Waals surface area contributed by atoms with Gasteiger partial charge in [-0.2, -0.15) is 0 Å². The molecule has 86 valence electrons. The Labute approximate surface area is 97.6 Å². The summed E-state index contributed by atoms with van der Waals surface area (Å²) in [6, 6.07) is 3.66. The van der Waals surface area contributed by atoms with Crippen LogP contribution in [0.2, 0.25) is 0 Å². The number of methoxy groups -OCH3 is 1. The Kier molecular flexibility index (Phi) is 2.96. The summed E-state index contributed by atoms with van der Waals surface area (Å²) in [5.74, 6) is -0.666. The maximum Gasteiger partial charge on any atom is 0.321 e. The standard InChI is InChI=1S/C11H13NO3S/c1-15-10(14)11(5-3-6-11)9(13)12-8-4-2-7-16-8/h2,4,7H,3,5-6H2,1H3,(H,12,13). The zero-order chi connectivity index (χ0) is 11.6. The number of amides is 1. The lowest BCUT2D eigenvalue weighted by Gasteiger charge is -2.36. The largest absolute Gasteiger partial charge is 0.468 e. The van der Waals surface area contributed by atoms with Gasteiger partial charge in [0, 0.05) is 0 Å². The molecular formula is C11H13NO3S. The fourth-order valence-corrected chi connectivity index (χ4v) is 2.44. The van der Waals surface area contributed by atoms with Gasteiger partial charge in [-0.05, 0) is 30.4 Å². The van der Waals surface area contributed by atoms with Crippen LogP contribution in [0, 0.1) is 5.41 Å². The molecule has 1 amide bonds. The molecule has 16 heavy (non-hydrogen) atoms. The summed E-state index contributed by atoms with van der Waals surface area (Å²) >= 11 is 1.44. The minimum atomic E-state index is -0.946. The van der Waals surface area contributed by atoms with Gasteiger partial charge < -0.3 is 10.1 Å². The van der Waals surface area contributed by atoms with Crippen LogP contribution in [-0.2, 0) is 14.3 Å². The lowest BCUT2D eigenvalue weighted by Crippen LogP contribution is -2.48. The van der Waals surface area contributed by atoms with Gasteiger partial charge in [-0.25, -0.2) is 0 Å². The minimum absolute atomic E-state index is 0.243. The highest BCUT2D eigenvalue weighted by molar-refractivity contribution is 7.14. The molecular weight excluding hydrogens is 226 g/mol. The normalized spacial score (nSPS) is 17.3.